The zero-order valence-corrected chi connectivity index (χ0v) is 18.0. The van der Waals surface area contributed by atoms with Gasteiger partial charge in [-0.05, 0) is 11.1 Å². The minimum Gasteiger partial charge on any atom is -0.481 e. The maximum atomic E-state index is 13.3. The van der Waals surface area contributed by atoms with Gasteiger partial charge in [0.25, 0.3) is 5.91 Å². The zero-order valence-electron chi connectivity index (χ0n) is 18.0. The average molecular weight is 458 g/mol. The van der Waals surface area contributed by atoms with Gasteiger partial charge in [0, 0.05) is 6.42 Å². The Hall–Kier alpha value is -3.76. The Balaban J connectivity index is 2.40. The second-order valence-electron chi connectivity index (χ2n) is 6.99. The molecule has 2 atom stereocenters. The predicted molar refractivity (Wildman–Crippen MR) is 116 cm³/mol. The van der Waals surface area contributed by atoms with Gasteiger partial charge >= 0.3 is 18.0 Å². The molecule has 0 aliphatic carbocycles. The third-order valence-corrected chi connectivity index (χ3v) is 4.71. The lowest BCUT2D eigenvalue weighted by Gasteiger charge is -2.30. The van der Waals surface area contributed by atoms with Crippen molar-refractivity contribution in [3.05, 3.63) is 71.8 Å². The van der Waals surface area contributed by atoms with Crippen molar-refractivity contribution in [2.75, 3.05) is 13.8 Å². The average Bonchev–Trinajstić information content (AvgIpc) is 2.82. The summed E-state index contributed by atoms with van der Waals surface area (Å²) in [7, 11) is 1.11. The van der Waals surface area contributed by atoms with Gasteiger partial charge in [-0.25, -0.2) is 14.5 Å². The Bertz CT molecular complexity index is 936. The van der Waals surface area contributed by atoms with Gasteiger partial charge in [0.2, 0.25) is 0 Å². The van der Waals surface area contributed by atoms with Gasteiger partial charge in [-0.2, -0.15) is 0 Å². The van der Waals surface area contributed by atoms with E-state index in [1.807, 2.05) is 0 Å². The van der Waals surface area contributed by atoms with Crippen molar-refractivity contribution in [2.24, 2.45) is 0 Å². The summed E-state index contributed by atoms with van der Waals surface area (Å²) in [4.78, 5) is 50.7. The van der Waals surface area contributed by atoms with Crippen LogP contribution in [0.3, 0.4) is 0 Å². The molecule has 3 N–H and O–H groups in total. The molecule has 0 spiro atoms. The largest absolute Gasteiger partial charge is 0.481 e. The van der Waals surface area contributed by atoms with Crippen LogP contribution >= 0.6 is 0 Å². The molecule has 0 bridgehead atoms. The number of carbonyl (C=O) groups is 4. The lowest BCUT2D eigenvalue weighted by Crippen LogP contribution is -2.57. The number of nitrogens with one attached hydrogen (secondary N) is 1. The van der Waals surface area contributed by atoms with E-state index in [9.17, 15) is 24.3 Å². The monoisotopic (exact) mass is 458 g/mol. The molecule has 0 aliphatic rings. The van der Waals surface area contributed by atoms with E-state index >= 15 is 0 Å². The Labute approximate surface area is 190 Å². The standard InChI is InChI=1S/C23H26N2O8/c1-32-22(30)19(12-16-8-4-2-5-9-16)25(21(29)18(24-15-26)13-20(27)28)23(31)33-14-17-10-6-3-7-11-17/h2-11,18-19,24,26H,12-15H2,1H3,(H,27,28)/t18-,19-/m0/s1. The molecule has 0 heterocycles. The number of ether oxygens (including phenoxy) is 2. The van der Waals surface area contributed by atoms with Crippen molar-refractivity contribution < 1.29 is 38.9 Å². The maximum Gasteiger partial charge on any atom is 0.417 e. The van der Waals surface area contributed by atoms with Gasteiger partial charge in [0.1, 0.15) is 12.6 Å². The van der Waals surface area contributed by atoms with Crippen LogP contribution in [0.25, 0.3) is 0 Å². The second kappa shape index (κ2) is 12.9. The smallest absolute Gasteiger partial charge is 0.417 e. The number of amides is 2. The molecule has 2 aromatic rings. The van der Waals surface area contributed by atoms with E-state index in [4.69, 9.17) is 14.6 Å². The van der Waals surface area contributed by atoms with Gasteiger partial charge in [-0.15, -0.1) is 0 Å². The highest BCUT2D eigenvalue weighted by atomic mass is 16.6. The molecule has 0 saturated heterocycles. The molecular weight excluding hydrogens is 432 g/mol. The number of carboxylic acid groups (broad SMARTS) is 1. The molecule has 33 heavy (non-hydrogen) atoms. The van der Waals surface area contributed by atoms with Crippen LogP contribution in [0.2, 0.25) is 0 Å². The van der Waals surface area contributed by atoms with Crippen LogP contribution in [0.4, 0.5) is 4.79 Å². The van der Waals surface area contributed by atoms with E-state index < -0.39 is 49.2 Å². The summed E-state index contributed by atoms with van der Waals surface area (Å²) in [6.07, 6.45) is -1.97. The molecule has 176 valence electrons. The normalized spacial score (nSPS) is 12.3. The highest BCUT2D eigenvalue weighted by Gasteiger charge is 2.40. The van der Waals surface area contributed by atoms with Gasteiger partial charge in [0.15, 0.2) is 0 Å². The molecule has 10 heteroatoms. The van der Waals surface area contributed by atoms with Crippen LogP contribution < -0.4 is 5.32 Å². The molecule has 0 unspecified atom stereocenters. The summed E-state index contributed by atoms with van der Waals surface area (Å²) in [6, 6.07) is 14.4. The Morgan fingerprint density at radius 1 is 0.970 bits per heavy atom. The Morgan fingerprint density at radius 3 is 2.06 bits per heavy atom. The second-order valence-corrected chi connectivity index (χ2v) is 6.99. The molecule has 10 nitrogen and oxygen atoms in total. The Morgan fingerprint density at radius 2 is 1.55 bits per heavy atom. The molecular formula is C23H26N2O8. The van der Waals surface area contributed by atoms with E-state index in [-0.39, 0.29) is 13.0 Å². The summed E-state index contributed by atoms with van der Waals surface area (Å²) in [5.74, 6) is -3.28. The van der Waals surface area contributed by atoms with Crippen molar-refractivity contribution in [1.29, 1.82) is 0 Å². The fourth-order valence-corrected chi connectivity index (χ4v) is 3.11. The number of rotatable bonds is 11. The number of aliphatic hydroxyl groups is 1. The molecule has 0 aromatic heterocycles. The minimum atomic E-state index is -1.49. The van der Waals surface area contributed by atoms with Crippen molar-refractivity contribution >= 4 is 23.9 Å². The third-order valence-electron chi connectivity index (χ3n) is 4.71. The van der Waals surface area contributed by atoms with Crippen molar-refractivity contribution in [3.8, 4) is 0 Å². The number of carboxylic acids is 1. The number of methoxy groups -OCH3 is 1. The van der Waals surface area contributed by atoms with Crippen molar-refractivity contribution in [1.82, 2.24) is 10.2 Å². The number of hydrogen-bond donors (Lipinski definition) is 3. The van der Waals surface area contributed by atoms with Crippen LogP contribution in [-0.2, 0) is 36.9 Å². The summed E-state index contributed by atoms with van der Waals surface area (Å²) in [5, 5.41) is 20.7. The topological polar surface area (TPSA) is 142 Å². The highest BCUT2D eigenvalue weighted by Crippen LogP contribution is 2.16. The van der Waals surface area contributed by atoms with Crippen LogP contribution in [0.15, 0.2) is 60.7 Å². The first-order valence-corrected chi connectivity index (χ1v) is 10.1. The van der Waals surface area contributed by atoms with Crippen LogP contribution in [-0.4, -0.2) is 65.0 Å². The number of carbonyl (C=O) groups excluding carboxylic acids is 3. The van der Waals surface area contributed by atoms with E-state index in [0.29, 0.717) is 16.0 Å². The number of imide groups is 1. The van der Waals surface area contributed by atoms with Crippen molar-refractivity contribution in [2.45, 2.75) is 31.5 Å². The first-order valence-electron chi connectivity index (χ1n) is 10.1. The fourth-order valence-electron chi connectivity index (χ4n) is 3.11. The molecule has 2 rings (SSSR count). The number of aliphatic carboxylic acids is 1. The quantitative estimate of drug-likeness (QED) is 0.336. The van der Waals surface area contributed by atoms with E-state index in [1.54, 1.807) is 60.7 Å². The number of hydrogen-bond acceptors (Lipinski definition) is 8. The lowest BCUT2D eigenvalue weighted by atomic mass is 10.0. The van der Waals surface area contributed by atoms with Crippen LogP contribution in [0, 0.1) is 0 Å². The van der Waals surface area contributed by atoms with Gasteiger partial charge in [-0.3, -0.25) is 14.9 Å². The highest BCUT2D eigenvalue weighted by molar-refractivity contribution is 6.00. The van der Waals surface area contributed by atoms with Crippen LogP contribution in [0.5, 0.6) is 0 Å². The lowest BCUT2D eigenvalue weighted by molar-refractivity contribution is -0.153. The summed E-state index contributed by atoms with van der Waals surface area (Å²) in [5.41, 5.74) is 1.28. The molecule has 2 aromatic carbocycles. The van der Waals surface area contributed by atoms with Gasteiger partial charge < -0.3 is 19.7 Å². The fraction of sp³-hybridized carbons (Fsp3) is 0.304. The van der Waals surface area contributed by atoms with Gasteiger partial charge in [-0.1, -0.05) is 60.7 Å². The van der Waals surface area contributed by atoms with E-state index in [1.165, 1.54) is 0 Å². The van der Waals surface area contributed by atoms with Crippen molar-refractivity contribution in [3.63, 3.8) is 0 Å². The van der Waals surface area contributed by atoms with Gasteiger partial charge in [0.05, 0.1) is 26.3 Å². The molecule has 2 amide bonds. The first kappa shape index (κ1) is 25.5. The first-order chi connectivity index (χ1) is 15.9. The third kappa shape index (κ3) is 7.70. The predicted octanol–water partition coefficient (Wildman–Crippen LogP) is 1.32. The van der Waals surface area contributed by atoms with Crippen LogP contribution in [0.1, 0.15) is 17.5 Å². The van der Waals surface area contributed by atoms with E-state index in [2.05, 4.69) is 5.32 Å². The number of nitrogens with zero attached hydrogens (tertiary/aromatic N) is 1. The SMILES string of the molecule is COC(=O)[C@H](Cc1ccccc1)N(C(=O)OCc1ccccc1)C(=O)[C@H](CC(=O)O)NCO. The zero-order chi connectivity index (χ0) is 24.2. The Kier molecular flexibility index (Phi) is 10.00. The number of benzene rings is 2. The summed E-state index contributed by atoms with van der Waals surface area (Å²) in [6.45, 7) is -0.905. The number of esters is 1. The molecule has 0 saturated carbocycles. The minimum absolute atomic E-state index is 0.0847. The maximum absolute atomic E-state index is 13.3. The molecule has 0 radical (unpaired) electrons. The van der Waals surface area contributed by atoms with E-state index in [0.717, 1.165) is 7.11 Å². The summed E-state index contributed by atoms with van der Waals surface area (Å²) < 4.78 is 10.1. The summed E-state index contributed by atoms with van der Waals surface area (Å²) >= 11 is 0. The molecule has 0 fully saturated rings. The number of aliphatic hydroxyl groups excluding tert-OH is 1. The molecule has 0 aliphatic heterocycles.